The van der Waals surface area contributed by atoms with Crippen LogP contribution in [0.5, 0.6) is 0 Å². The Bertz CT molecular complexity index is 1220. The van der Waals surface area contributed by atoms with Crippen LogP contribution in [-0.2, 0) is 42.0 Å². The molecule has 0 amide bonds. The van der Waals surface area contributed by atoms with E-state index in [2.05, 4.69) is 10.0 Å². The molecule has 0 aromatic heterocycles. The number of anilines is 1. The molecule has 0 aliphatic heterocycles. The summed E-state index contributed by atoms with van der Waals surface area (Å²) in [6.07, 6.45) is 2.03. The molecule has 2 rings (SSSR count). The first-order valence-corrected chi connectivity index (χ1v) is 14.5. The third-order valence-corrected chi connectivity index (χ3v) is 7.85. The van der Waals surface area contributed by atoms with E-state index in [1.54, 1.807) is 38.1 Å². The summed E-state index contributed by atoms with van der Waals surface area (Å²) < 4.78 is 74.2. The Hall–Kier alpha value is -1.95. The van der Waals surface area contributed by atoms with Crippen molar-refractivity contribution in [1.29, 1.82) is 0 Å². The van der Waals surface area contributed by atoms with Gasteiger partial charge >= 0.3 is 0 Å². The molecular formula is C19H26N2O6S3. The van der Waals surface area contributed by atoms with Gasteiger partial charge < -0.3 is 5.32 Å². The van der Waals surface area contributed by atoms with Gasteiger partial charge in [0.2, 0.25) is 10.0 Å². The van der Waals surface area contributed by atoms with Crippen LogP contribution in [-0.4, -0.2) is 43.8 Å². The van der Waals surface area contributed by atoms with Crippen LogP contribution in [0.1, 0.15) is 25.0 Å². The third-order valence-electron chi connectivity index (χ3n) is 4.06. The zero-order valence-electron chi connectivity index (χ0n) is 17.2. The molecule has 166 valence electrons. The van der Waals surface area contributed by atoms with Gasteiger partial charge in [-0.3, -0.25) is 0 Å². The first kappa shape index (κ1) is 24.3. The quantitative estimate of drug-likeness (QED) is 0.569. The molecule has 0 aliphatic carbocycles. The smallest absolute Gasteiger partial charge is 0.216 e. The van der Waals surface area contributed by atoms with Crippen molar-refractivity contribution in [3.63, 3.8) is 0 Å². The van der Waals surface area contributed by atoms with Crippen LogP contribution in [0, 0.1) is 0 Å². The van der Waals surface area contributed by atoms with E-state index in [-0.39, 0.29) is 33.8 Å². The molecule has 30 heavy (non-hydrogen) atoms. The van der Waals surface area contributed by atoms with Crippen molar-refractivity contribution in [2.24, 2.45) is 0 Å². The lowest BCUT2D eigenvalue weighted by molar-refractivity contribution is 0.569. The number of hydrogen-bond acceptors (Lipinski definition) is 7. The molecule has 0 saturated carbocycles. The minimum absolute atomic E-state index is 0.0750. The highest BCUT2D eigenvalue weighted by Crippen LogP contribution is 2.25. The van der Waals surface area contributed by atoms with Crippen LogP contribution >= 0.6 is 0 Å². The van der Waals surface area contributed by atoms with Gasteiger partial charge in [-0.25, -0.2) is 30.0 Å². The van der Waals surface area contributed by atoms with E-state index >= 15 is 0 Å². The van der Waals surface area contributed by atoms with Gasteiger partial charge in [0.1, 0.15) is 0 Å². The van der Waals surface area contributed by atoms with E-state index in [0.717, 1.165) is 24.1 Å². The second kappa shape index (κ2) is 9.04. The van der Waals surface area contributed by atoms with Gasteiger partial charge in [-0.2, -0.15) is 0 Å². The predicted molar refractivity (Wildman–Crippen MR) is 117 cm³/mol. The Kier molecular flexibility index (Phi) is 7.33. The van der Waals surface area contributed by atoms with Crippen LogP contribution in [0.25, 0.3) is 0 Å². The van der Waals surface area contributed by atoms with Crippen molar-refractivity contribution in [2.45, 2.75) is 42.0 Å². The molecule has 8 nitrogen and oxygen atoms in total. The highest BCUT2D eigenvalue weighted by atomic mass is 32.2. The van der Waals surface area contributed by atoms with E-state index in [1.165, 1.54) is 12.1 Å². The highest BCUT2D eigenvalue weighted by Gasteiger charge is 2.18. The number of hydrogen-bond donors (Lipinski definition) is 2. The van der Waals surface area contributed by atoms with Gasteiger partial charge in [0.15, 0.2) is 19.7 Å². The largest absolute Gasteiger partial charge is 0.380 e. The Balaban J connectivity index is 2.18. The van der Waals surface area contributed by atoms with E-state index in [1.807, 2.05) is 0 Å². The summed E-state index contributed by atoms with van der Waals surface area (Å²) in [7, 11) is -10.6. The molecule has 2 aromatic rings. The fourth-order valence-electron chi connectivity index (χ4n) is 2.76. The molecule has 0 unspecified atom stereocenters. The van der Waals surface area contributed by atoms with Gasteiger partial charge in [0, 0.05) is 25.1 Å². The molecule has 0 fully saturated rings. The first-order chi connectivity index (χ1) is 13.7. The summed E-state index contributed by atoms with van der Waals surface area (Å²) in [6.45, 7) is 3.77. The average Bonchev–Trinajstić information content (AvgIpc) is 2.58. The minimum Gasteiger partial charge on any atom is -0.380 e. The van der Waals surface area contributed by atoms with Crippen LogP contribution < -0.4 is 10.0 Å². The number of benzene rings is 2. The maximum Gasteiger partial charge on any atom is 0.216 e. The van der Waals surface area contributed by atoms with Gasteiger partial charge in [0.25, 0.3) is 0 Å². The second-order valence-electron chi connectivity index (χ2n) is 7.40. The highest BCUT2D eigenvalue weighted by molar-refractivity contribution is 7.91. The Labute approximate surface area is 178 Å². The summed E-state index contributed by atoms with van der Waals surface area (Å²) in [4.78, 5) is -0.179. The van der Waals surface area contributed by atoms with Gasteiger partial charge in [0.05, 0.1) is 21.2 Å². The first-order valence-electron chi connectivity index (χ1n) is 9.03. The summed E-state index contributed by atoms with van der Waals surface area (Å²) in [5, 5.41) is 3.00. The van der Waals surface area contributed by atoms with Crippen LogP contribution in [0.3, 0.4) is 0 Å². The second-order valence-corrected chi connectivity index (χ2v) is 13.2. The van der Waals surface area contributed by atoms with Crippen molar-refractivity contribution in [1.82, 2.24) is 4.72 Å². The lowest BCUT2D eigenvalue weighted by Crippen LogP contribution is -2.31. The van der Waals surface area contributed by atoms with Gasteiger partial charge in [-0.15, -0.1) is 0 Å². The van der Waals surface area contributed by atoms with E-state index in [4.69, 9.17) is 0 Å². The molecule has 2 aromatic carbocycles. The molecular weight excluding hydrogens is 448 g/mol. The van der Waals surface area contributed by atoms with Gasteiger partial charge in [-0.05, 0) is 43.2 Å². The maximum absolute atomic E-state index is 12.1. The molecule has 0 aliphatic rings. The van der Waals surface area contributed by atoms with Crippen LogP contribution in [0.15, 0.2) is 52.3 Å². The molecule has 0 atom stereocenters. The van der Waals surface area contributed by atoms with Crippen molar-refractivity contribution in [3.8, 4) is 0 Å². The molecule has 0 saturated heterocycles. The fraction of sp³-hybridized carbons (Fsp3) is 0.368. The van der Waals surface area contributed by atoms with Crippen LogP contribution in [0.4, 0.5) is 5.69 Å². The number of sulfonamides is 1. The minimum atomic E-state index is -3.66. The van der Waals surface area contributed by atoms with Crippen molar-refractivity contribution < 1.29 is 25.3 Å². The SMILES string of the molecule is CC(C)NS(=O)(=O)Cc1ccc(CNc2ccc(S(C)(=O)=O)cc2S(C)(=O)=O)cc1. The van der Waals surface area contributed by atoms with E-state index in [0.29, 0.717) is 5.56 Å². The molecule has 11 heteroatoms. The normalized spacial score (nSPS) is 12.8. The van der Waals surface area contributed by atoms with Crippen molar-refractivity contribution in [2.75, 3.05) is 17.8 Å². The maximum atomic E-state index is 12.1. The van der Waals surface area contributed by atoms with E-state index < -0.39 is 29.7 Å². The summed E-state index contributed by atoms with van der Waals surface area (Å²) in [5.41, 5.74) is 1.72. The Morgan fingerprint density at radius 1 is 0.800 bits per heavy atom. The Morgan fingerprint density at radius 2 is 1.37 bits per heavy atom. The van der Waals surface area contributed by atoms with Crippen molar-refractivity contribution >= 4 is 35.4 Å². The lowest BCUT2D eigenvalue weighted by Gasteiger charge is -2.13. The number of nitrogens with one attached hydrogen (secondary N) is 2. The van der Waals surface area contributed by atoms with Crippen molar-refractivity contribution in [3.05, 3.63) is 53.6 Å². The summed E-state index contributed by atoms with van der Waals surface area (Å²) in [5.74, 6) is -0.135. The topological polar surface area (TPSA) is 126 Å². The summed E-state index contributed by atoms with van der Waals surface area (Å²) in [6, 6.07) is 10.6. The van der Waals surface area contributed by atoms with Gasteiger partial charge in [-0.1, -0.05) is 24.3 Å². The monoisotopic (exact) mass is 474 g/mol. The zero-order valence-corrected chi connectivity index (χ0v) is 19.7. The zero-order chi connectivity index (χ0) is 22.7. The Morgan fingerprint density at radius 3 is 1.87 bits per heavy atom. The molecule has 0 spiro atoms. The van der Waals surface area contributed by atoms with E-state index in [9.17, 15) is 25.3 Å². The molecule has 2 N–H and O–H groups in total. The summed E-state index contributed by atoms with van der Waals surface area (Å²) >= 11 is 0. The van der Waals surface area contributed by atoms with Crippen LogP contribution in [0.2, 0.25) is 0 Å². The number of sulfone groups is 2. The molecule has 0 bridgehead atoms. The predicted octanol–water partition coefficient (Wildman–Crippen LogP) is 1.93. The average molecular weight is 475 g/mol. The third kappa shape index (κ3) is 7.08. The number of rotatable bonds is 9. The molecule has 0 heterocycles. The lowest BCUT2D eigenvalue weighted by atomic mass is 10.1. The fourth-order valence-corrected chi connectivity index (χ4v) is 5.79. The molecule has 0 radical (unpaired) electrons. The standard InChI is InChI=1S/C19H26N2O6S3/c1-14(2)21-30(26,27)13-16-7-5-15(6-8-16)12-20-18-10-9-17(28(3,22)23)11-19(18)29(4,24)25/h5-11,14,20-21H,12-13H2,1-4H3.